The van der Waals surface area contributed by atoms with Crippen molar-refractivity contribution in [2.45, 2.75) is 38.1 Å². The first kappa shape index (κ1) is 14.2. The molecule has 0 radical (unpaired) electrons. The number of hydrogen-bond acceptors (Lipinski definition) is 5. The molecule has 0 bridgehead atoms. The molecule has 0 aliphatic carbocycles. The Labute approximate surface area is 117 Å². The van der Waals surface area contributed by atoms with E-state index in [1.165, 1.54) is 0 Å². The van der Waals surface area contributed by atoms with Crippen LogP contribution in [0.25, 0.3) is 0 Å². The van der Waals surface area contributed by atoms with Crippen LogP contribution in [0.4, 0.5) is 0 Å². The Morgan fingerprint density at radius 3 is 3.15 bits per heavy atom. The van der Waals surface area contributed by atoms with E-state index in [1.54, 1.807) is 12.5 Å². The molecule has 106 valence electrons. The minimum atomic E-state index is -0.305. The molecular formula is C14H19N5O. The number of rotatable bonds is 8. The van der Waals surface area contributed by atoms with Crippen molar-refractivity contribution in [3.8, 4) is 0 Å². The molecule has 1 atom stereocenters. The van der Waals surface area contributed by atoms with E-state index in [-0.39, 0.29) is 6.04 Å². The lowest BCUT2D eigenvalue weighted by atomic mass is 10.1. The Morgan fingerprint density at radius 1 is 1.50 bits per heavy atom. The molecule has 0 spiro atoms. The van der Waals surface area contributed by atoms with E-state index in [2.05, 4.69) is 32.4 Å². The molecule has 2 heterocycles. The summed E-state index contributed by atoms with van der Waals surface area (Å²) in [6.45, 7) is 3.53. The van der Waals surface area contributed by atoms with Crippen molar-refractivity contribution in [1.82, 2.24) is 20.1 Å². The third kappa shape index (κ3) is 4.19. The fourth-order valence-electron chi connectivity index (χ4n) is 1.87. The average molecular weight is 273 g/mol. The first-order valence-corrected chi connectivity index (χ1v) is 6.69. The summed E-state index contributed by atoms with van der Waals surface area (Å²) in [6, 6.07) is -0.305. The predicted molar refractivity (Wildman–Crippen MR) is 74.8 cm³/mol. The van der Waals surface area contributed by atoms with Crippen LogP contribution in [0.15, 0.2) is 35.4 Å². The Kier molecular flexibility index (Phi) is 5.29. The van der Waals surface area contributed by atoms with Crippen molar-refractivity contribution in [2.75, 3.05) is 0 Å². The molecule has 2 aromatic heterocycles. The second-order valence-electron chi connectivity index (χ2n) is 4.59. The van der Waals surface area contributed by atoms with Gasteiger partial charge in [0.1, 0.15) is 0 Å². The fraction of sp³-hybridized carbons (Fsp3) is 0.429. The minimum absolute atomic E-state index is 0.305. The summed E-state index contributed by atoms with van der Waals surface area (Å²) < 4.78 is 5.20. The summed E-state index contributed by atoms with van der Waals surface area (Å²) in [5.41, 5.74) is 9.74. The molecule has 0 amide bonds. The zero-order valence-corrected chi connectivity index (χ0v) is 11.4. The van der Waals surface area contributed by atoms with Gasteiger partial charge in [-0.15, -0.1) is 5.73 Å². The van der Waals surface area contributed by atoms with Gasteiger partial charge in [-0.25, -0.2) is 4.98 Å². The van der Waals surface area contributed by atoms with Gasteiger partial charge in [0.15, 0.2) is 5.82 Å². The van der Waals surface area contributed by atoms with Crippen LogP contribution in [0.5, 0.6) is 0 Å². The molecule has 3 N–H and O–H groups in total. The third-order valence-corrected chi connectivity index (χ3v) is 2.94. The fourth-order valence-corrected chi connectivity index (χ4v) is 1.87. The van der Waals surface area contributed by atoms with Crippen molar-refractivity contribution in [3.63, 3.8) is 0 Å². The Balaban J connectivity index is 1.80. The maximum atomic E-state index is 6.03. The number of hydrogen-bond donors (Lipinski definition) is 2. The van der Waals surface area contributed by atoms with E-state index in [0.717, 1.165) is 31.4 Å². The summed E-state index contributed by atoms with van der Waals surface area (Å²) in [4.78, 5) is 11.3. The molecule has 20 heavy (non-hydrogen) atoms. The van der Waals surface area contributed by atoms with Crippen molar-refractivity contribution >= 4 is 0 Å². The van der Waals surface area contributed by atoms with Crippen LogP contribution < -0.4 is 5.73 Å². The van der Waals surface area contributed by atoms with Gasteiger partial charge in [-0.1, -0.05) is 11.7 Å². The monoisotopic (exact) mass is 273 g/mol. The summed E-state index contributed by atoms with van der Waals surface area (Å²) >= 11 is 0. The highest BCUT2D eigenvalue weighted by molar-refractivity contribution is 5.02. The lowest BCUT2D eigenvalue weighted by molar-refractivity contribution is 0.349. The molecule has 1 unspecified atom stereocenters. The number of aryl methyl sites for hydroxylation is 1. The first-order valence-electron chi connectivity index (χ1n) is 6.69. The van der Waals surface area contributed by atoms with Gasteiger partial charge in [-0.3, -0.25) is 0 Å². The molecule has 0 aliphatic heterocycles. The number of aromatic amines is 1. The van der Waals surface area contributed by atoms with Gasteiger partial charge < -0.3 is 15.2 Å². The zero-order valence-electron chi connectivity index (χ0n) is 11.4. The largest absolute Gasteiger partial charge is 0.348 e. The van der Waals surface area contributed by atoms with Gasteiger partial charge in [0.25, 0.3) is 0 Å². The van der Waals surface area contributed by atoms with E-state index < -0.39 is 0 Å². The first-order chi connectivity index (χ1) is 9.79. The second-order valence-corrected chi connectivity index (χ2v) is 4.59. The van der Waals surface area contributed by atoms with Gasteiger partial charge in [-0.05, 0) is 25.3 Å². The Morgan fingerprint density at radius 2 is 2.40 bits per heavy atom. The summed E-state index contributed by atoms with van der Waals surface area (Å²) in [5.74, 6) is 1.18. The lowest BCUT2D eigenvalue weighted by Gasteiger charge is -2.03. The van der Waals surface area contributed by atoms with E-state index in [9.17, 15) is 0 Å². The van der Waals surface area contributed by atoms with Crippen LogP contribution >= 0.6 is 0 Å². The van der Waals surface area contributed by atoms with Crippen LogP contribution in [0.3, 0.4) is 0 Å². The molecule has 6 nitrogen and oxygen atoms in total. The number of nitrogens with two attached hydrogens (primary N) is 1. The molecule has 6 heteroatoms. The number of allylic oxidation sites excluding steroid dienone is 1. The van der Waals surface area contributed by atoms with E-state index >= 15 is 0 Å². The van der Waals surface area contributed by atoms with Gasteiger partial charge in [-0.2, -0.15) is 4.98 Å². The second kappa shape index (κ2) is 7.43. The number of imidazole rings is 1. The van der Waals surface area contributed by atoms with Crippen LogP contribution in [0.2, 0.25) is 0 Å². The van der Waals surface area contributed by atoms with Gasteiger partial charge >= 0.3 is 0 Å². The van der Waals surface area contributed by atoms with E-state index in [4.69, 9.17) is 10.3 Å². The van der Waals surface area contributed by atoms with Crippen molar-refractivity contribution in [3.05, 3.63) is 48.3 Å². The van der Waals surface area contributed by atoms with Crippen molar-refractivity contribution < 1.29 is 4.52 Å². The van der Waals surface area contributed by atoms with Gasteiger partial charge in [0.2, 0.25) is 5.89 Å². The number of unbranched alkanes of at least 4 members (excludes halogenated alkanes) is 2. The maximum Gasteiger partial charge on any atom is 0.243 e. The molecular weight excluding hydrogens is 254 g/mol. The highest BCUT2D eigenvalue weighted by Gasteiger charge is 2.15. The van der Waals surface area contributed by atoms with Crippen LogP contribution in [-0.2, 0) is 12.8 Å². The lowest BCUT2D eigenvalue weighted by Crippen LogP contribution is -2.14. The van der Waals surface area contributed by atoms with E-state index in [1.807, 2.05) is 6.08 Å². The molecule has 0 saturated carbocycles. The van der Waals surface area contributed by atoms with Gasteiger partial charge in [0, 0.05) is 24.7 Å². The predicted octanol–water partition coefficient (Wildman–Crippen LogP) is 2.09. The van der Waals surface area contributed by atoms with E-state index in [0.29, 0.717) is 18.1 Å². The van der Waals surface area contributed by atoms with Gasteiger partial charge in [0.05, 0.1) is 12.4 Å². The Bertz CT molecular complexity index is 554. The average Bonchev–Trinajstić information content (AvgIpc) is 3.09. The normalized spacial score (nSPS) is 12.1. The van der Waals surface area contributed by atoms with Crippen molar-refractivity contribution in [2.24, 2.45) is 5.73 Å². The maximum absolute atomic E-state index is 6.03. The molecule has 0 aliphatic rings. The van der Waals surface area contributed by atoms with Crippen LogP contribution in [-0.4, -0.2) is 20.1 Å². The molecule has 2 aromatic rings. The molecule has 0 saturated heterocycles. The van der Waals surface area contributed by atoms with Crippen molar-refractivity contribution in [1.29, 1.82) is 0 Å². The summed E-state index contributed by atoms with van der Waals surface area (Å²) in [7, 11) is 0. The summed E-state index contributed by atoms with van der Waals surface area (Å²) in [5, 5.41) is 3.95. The SMILES string of the molecule is C=C=CCCCCc1noc(C(N)Cc2cnc[nH]2)n1. The standard InChI is InChI=1S/C14H19N5O/c1-2-3-4-5-6-7-13-18-14(20-19-13)12(15)8-11-9-16-10-17-11/h3,9-10,12H,1,4-8,15H2,(H,16,17). The number of aromatic nitrogens is 4. The van der Waals surface area contributed by atoms with Crippen LogP contribution in [0.1, 0.15) is 42.7 Å². The quantitative estimate of drug-likeness (QED) is 0.567. The summed E-state index contributed by atoms with van der Waals surface area (Å²) in [6.07, 6.45) is 9.75. The minimum Gasteiger partial charge on any atom is -0.348 e. The third-order valence-electron chi connectivity index (χ3n) is 2.94. The highest BCUT2D eigenvalue weighted by Crippen LogP contribution is 2.13. The zero-order chi connectivity index (χ0) is 14.2. The smallest absolute Gasteiger partial charge is 0.243 e. The number of H-pyrrole nitrogens is 1. The number of nitrogens with one attached hydrogen (secondary N) is 1. The highest BCUT2D eigenvalue weighted by atomic mass is 16.5. The molecule has 2 rings (SSSR count). The Hall–Kier alpha value is -2.17. The van der Waals surface area contributed by atoms with Crippen LogP contribution in [0, 0.1) is 0 Å². The molecule has 0 fully saturated rings. The number of nitrogens with zero attached hydrogens (tertiary/aromatic N) is 3. The topological polar surface area (TPSA) is 93.6 Å². The molecule has 0 aromatic carbocycles.